The van der Waals surface area contributed by atoms with E-state index in [2.05, 4.69) is 74.2 Å². The SMILES string of the molecule is CCCOc1ccccc1N(Cc1ccccc1)C(C)CC. The van der Waals surface area contributed by atoms with E-state index in [0.717, 1.165) is 31.7 Å². The Morgan fingerprint density at radius 2 is 1.64 bits per heavy atom. The molecule has 0 heterocycles. The molecule has 2 aromatic carbocycles. The zero-order valence-corrected chi connectivity index (χ0v) is 14.0. The summed E-state index contributed by atoms with van der Waals surface area (Å²) in [7, 11) is 0. The molecule has 0 N–H and O–H groups in total. The van der Waals surface area contributed by atoms with Crippen molar-refractivity contribution in [2.24, 2.45) is 0 Å². The quantitative estimate of drug-likeness (QED) is 0.657. The Kier molecular flexibility index (Phi) is 6.32. The molecular formula is C20H27NO. The van der Waals surface area contributed by atoms with Gasteiger partial charge in [-0.25, -0.2) is 0 Å². The fraction of sp³-hybridized carbons (Fsp3) is 0.400. The average molecular weight is 297 g/mol. The van der Waals surface area contributed by atoms with Crippen LogP contribution in [-0.4, -0.2) is 12.6 Å². The lowest BCUT2D eigenvalue weighted by Crippen LogP contribution is -2.32. The van der Waals surface area contributed by atoms with Gasteiger partial charge in [0.1, 0.15) is 5.75 Å². The van der Waals surface area contributed by atoms with Crippen LogP contribution in [0.5, 0.6) is 5.75 Å². The number of para-hydroxylation sites is 2. The molecule has 0 aliphatic heterocycles. The molecule has 1 atom stereocenters. The Morgan fingerprint density at radius 3 is 2.32 bits per heavy atom. The molecule has 0 saturated heterocycles. The van der Waals surface area contributed by atoms with Crippen LogP contribution in [0, 0.1) is 0 Å². The van der Waals surface area contributed by atoms with Gasteiger partial charge in [-0.3, -0.25) is 0 Å². The standard InChI is InChI=1S/C20H27NO/c1-4-15-22-20-14-10-9-13-19(20)21(17(3)5-2)16-18-11-7-6-8-12-18/h6-14,17H,4-5,15-16H2,1-3H3. The van der Waals surface area contributed by atoms with Crippen LogP contribution in [0.3, 0.4) is 0 Å². The van der Waals surface area contributed by atoms with Crippen LogP contribution in [0.25, 0.3) is 0 Å². The van der Waals surface area contributed by atoms with Crippen molar-refractivity contribution in [2.45, 2.75) is 46.2 Å². The summed E-state index contributed by atoms with van der Waals surface area (Å²) in [6.07, 6.45) is 2.13. The zero-order valence-electron chi connectivity index (χ0n) is 14.0. The summed E-state index contributed by atoms with van der Waals surface area (Å²) in [4.78, 5) is 2.44. The summed E-state index contributed by atoms with van der Waals surface area (Å²) >= 11 is 0. The lowest BCUT2D eigenvalue weighted by atomic mass is 10.1. The summed E-state index contributed by atoms with van der Waals surface area (Å²) in [5, 5.41) is 0. The van der Waals surface area contributed by atoms with Crippen molar-refractivity contribution in [1.82, 2.24) is 0 Å². The van der Waals surface area contributed by atoms with Crippen LogP contribution >= 0.6 is 0 Å². The van der Waals surface area contributed by atoms with E-state index in [9.17, 15) is 0 Å². The van der Waals surface area contributed by atoms with E-state index in [-0.39, 0.29) is 0 Å². The van der Waals surface area contributed by atoms with Crippen LogP contribution in [-0.2, 0) is 6.54 Å². The minimum Gasteiger partial charge on any atom is -0.491 e. The number of benzene rings is 2. The van der Waals surface area contributed by atoms with Crippen molar-refractivity contribution in [3.63, 3.8) is 0 Å². The van der Waals surface area contributed by atoms with Gasteiger partial charge >= 0.3 is 0 Å². The minimum atomic E-state index is 0.464. The first-order valence-electron chi connectivity index (χ1n) is 8.28. The van der Waals surface area contributed by atoms with Crippen molar-refractivity contribution < 1.29 is 4.74 Å². The van der Waals surface area contributed by atoms with E-state index in [0.29, 0.717) is 6.04 Å². The molecule has 0 aromatic heterocycles. The largest absolute Gasteiger partial charge is 0.491 e. The fourth-order valence-corrected chi connectivity index (χ4v) is 2.51. The topological polar surface area (TPSA) is 12.5 Å². The van der Waals surface area contributed by atoms with Gasteiger partial charge in [-0.15, -0.1) is 0 Å². The number of hydrogen-bond donors (Lipinski definition) is 0. The van der Waals surface area contributed by atoms with Crippen LogP contribution in [0.15, 0.2) is 54.6 Å². The van der Waals surface area contributed by atoms with Gasteiger partial charge in [0.05, 0.1) is 12.3 Å². The second-order valence-corrected chi connectivity index (χ2v) is 5.69. The predicted molar refractivity (Wildman–Crippen MR) is 94.6 cm³/mol. The Labute approximate surface area is 134 Å². The van der Waals surface area contributed by atoms with E-state index in [1.807, 2.05) is 6.07 Å². The summed E-state index contributed by atoms with van der Waals surface area (Å²) in [6.45, 7) is 8.32. The van der Waals surface area contributed by atoms with Gasteiger partial charge in [0.2, 0.25) is 0 Å². The van der Waals surface area contributed by atoms with Crippen molar-refractivity contribution in [2.75, 3.05) is 11.5 Å². The van der Waals surface area contributed by atoms with Gasteiger partial charge in [-0.2, -0.15) is 0 Å². The first-order chi connectivity index (χ1) is 10.8. The average Bonchev–Trinajstić information content (AvgIpc) is 2.58. The maximum atomic E-state index is 5.96. The molecule has 2 rings (SSSR count). The molecule has 0 aliphatic carbocycles. The Hall–Kier alpha value is -1.96. The van der Waals surface area contributed by atoms with E-state index in [4.69, 9.17) is 4.74 Å². The number of nitrogens with zero attached hydrogens (tertiary/aromatic N) is 1. The Morgan fingerprint density at radius 1 is 0.955 bits per heavy atom. The molecule has 2 nitrogen and oxygen atoms in total. The van der Waals surface area contributed by atoms with Crippen LogP contribution in [0.1, 0.15) is 39.2 Å². The molecule has 0 amide bonds. The highest BCUT2D eigenvalue weighted by Gasteiger charge is 2.17. The first kappa shape index (κ1) is 16.4. The van der Waals surface area contributed by atoms with Crippen LogP contribution < -0.4 is 9.64 Å². The molecule has 0 saturated carbocycles. The Bertz CT molecular complexity index is 553. The maximum absolute atomic E-state index is 5.96. The second kappa shape index (κ2) is 8.47. The van der Waals surface area contributed by atoms with Crippen LogP contribution in [0.4, 0.5) is 5.69 Å². The highest BCUT2D eigenvalue weighted by Crippen LogP contribution is 2.31. The molecule has 2 aromatic rings. The Balaban J connectivity index is 2.29. The first-order valence-corrected chi connectivity index (χ1v) is 8.28. The fourth-order valence-electron chi connectivity index (χ4n) is 2.51. The van der Waals surface area contributed by atoms with E-state index >= 15 is 0 Å². The smallest absolute Gasteiger partial charge is 0.142 e. The summed E-state index contributed by atoms with van der Waals surface area (Å²) in [6, 6.07) is 19.5. The van der Waals surface area contributed by atoms with Gasteiger partial charge in [0.25, 0.3) is 0 Å². The number of anilines is 1. The normalized spacial score (nSPS) is 12.0. The molecule has 0 bridgehead atoms. The molecule has 0 radical (unpaired) electrons. The molecule has 0 fully saturated rings. The monoisotopic (exact) mass is 297 g/mol. The summed E-state index contributed by atoms with van der Waals surface area (Å²) < 4.78 is 5.96. The zero-order chi connectivity index (χ0) is 15.8. The number of rotatable bonds is 8. The molecule has 0 aliphatic rings. The van der Waals surface area contributed by atoms with Crippen molar-refractivity contribution in [3.8, 4) is 5.75 Å². The molecular weight excluding hydrogens is 270 g/mol. The predicted octanol–water partition coefficient (Wildman–Crippen LogP) is 5.28. The van der Waals surface area contributed by atoms with Gasteiger partial charge in [0.15, 0.2) is 0 Å². The molecule has 1 unspecified atom stereocenters. The van der Waals surface area contributed by atoms with E-state index < -0.39 is 0 Å². The lowest BCUT2D eigenvalue weighted by molar-refractivity contribution is 0.317. The van der Waals surface area contributed by atoms with Crippen molar-refractivity contribution >= 4 is 5.69 Å². The number of ether oxygens (including phenoxy) is 1. The lowest BCUT2D eigenvalue weighted by Gasteiger charge is -2.32. The third kappa shape index (κ3) is 4.27. The summed E-state index contributed by atoms with van der Waals surface area (Å²) in [5.74, 6) is 0.987. The minimum absolute atomic E-state index is 0.464. The third-order valence-electron chi connectivity index (χ3n) is 3.96. The number of hydrogen-bond acceptors (Lipinski definition) is 2. The summed E-state index contributed by atoms with van der Waals surface area (Å²) in [5.41, 5.74) is 2.52. The highest BCUT2D eigenvalue weighted by atomic mass is 16.5. The van der Waals surface area contributed by atoms with Gasteiger partial charge in [0, 0.05) is 12.6 Å². The van der Waals surface area contributed by atoms with E-state index in [1.165, 1.54) is 11.3 Å². The molecule has 118 valence electrons. The van der Waals surface area contributed by atoms with Crippen LogP contribution in [0.2, 0.25) is 0 Å². The van der Waals surface area contributed by atoms with Crippen molar-refractivity contribution in [3.05, 3.63) is 60.2 Å². The molecule has 22 heavy (non-hydrogen) atoms. The van der Waals surface area contributed by atoms with E-state index in [1.54, 1.807) is 0 Å². The third-order valence-corrected chi connectivity index (χ3v) is 3.96. The maximum Gasteiger partial charge on any atom is 0.142 e. The van der Waals surface area contributed by atoms with Gasteiger partial charge in [-0.1, -0.05) is 56.3 Å². The molecule has 2 heteroatoms. The van der Waals surface area contributed by atoms with Gasteiger partial charge in [-0.05, 0) is 37.5 Å². The molecule has 0 spiro atoms. The van der Waals surface area contributed by atoms with Gasteiger partial charge < -0.3 is 9.64 Å². The second-order valence-electron chi connectivity index (χ2n) is 5.69. The van der Waals surface area contributed by atoms with Crippen molar-refractivity contribution in [1.29, 1.82) is 0 Å². The highest BCUT2D eigenvalue weighted by molar-refractivity contribution is 5.59.